The molecule has 0 bridgehead atoms. The first-order valence-electron chi connectivity index (χ1n) is 9.66. The molecule has 0 fully saturated rings. The Balaban J connectivity index is 2.49. The molecule has 0 aliphatic carbocycles. The molecule has 0 aliphatic heterocycles. The highest BCUT2D eigenvalue weighted by Gasteiger charge is 2.24. The molecule has 0 aromatic heterocycles. The van der Waals surface area contributed by atoms with Crippen LogP contribution in [0.4, 0.5) is 4.79 Å². The number of methoxy groups -OCH3 is 2. The number of amides is 1. The number of nitrogens with one attached hydrogen (secondary N) is 3. The summed E-state index contributed by atoms with van der Waals surface area (Å²) in [6, 6.07) is 5.86. The topological polar surface area (TPSA) is 93.2 Å². The average molecular weight is 409 g/mol. The average Bonchev–Trinajstić information content (AvgIpc) is 2.62. The van der Waals surface area contributed by atoms with Crippen molar-refractivity contribution in [2.45, 2.75) is 52.2 Å². The normalized spacial score (nSPS) is 12.2. The molecule has 0 aliphatic rings. The number of rotatable bonds is 8. The van der Waals surface area contributed by atoms with Crippen LogP contribution >= 0.6 is 0 Å². The van der Waals surface area contributed by atoms with Gasteiger partial charge in [-0.3, -0.25) is 4.99 Å². The lowest BCUT2D eigenvalue weighted by molar-refractivity contribution is 0.0474. The van der Waals surface area contributed by atoms with Crippen molar-refractivity contribution in [1.29, 1.82) is 0 Å². The first kappa shape index (κ1) is 24.4. The van der Waals surface area contributed by atoms with Gasteiger partial charge in [0.05, 0.1) is 19.8 Å². The van der Waals surface area contributed by atoms with E-state index in [4.69, 9.17) is 14.2 Å². The van der Waals surface area contributed by atoms with Gasteiger partial charge >= 0.3 is 6.09 Å². The molecule has 0 atom stereocenters. The van der Waals surface area contributed by atoms with Crippen LogP contribution in [-0.2, 0) is 11.2 Å². The number of guanidine groups is 1. The van der Waals surface area contributed by atoms with Gasteiger partial charge < -0.3 is 30.2 Å². The van der Waals surface area contributed by atoms with Crippen LogP contribution in [-0.4, -0.2) is 57.5 Å². The summed E-state index contributed by atoms with van der Waals surface area (Å²) in [5.74, 6) is 2.08. The molecule has 1 amide bonds. The zero-order valence-electron chi connectivity index (χ0n) is 18.9. The number of benzene rings is 1. The first-order valence-corrected chi connectivity index (χ1v) is 9.66. The summed E-state index contributed by atoms with van der Waals surface area (Å²) < 4.78 is 15.9. The number of carbonyl (C=O) groups is 1. The maximum Gasteiger partial charge on any atom is 0.408 e. The summed E-state index contributed by atoms with van der Waals surface area (Å²) in [7, 11) is 4.95. The molecule has 164 valence electrons. The quantitative estimate of drug-likeness (QED) is 0.452. The molecule has 0 radical (unpaired) electrons. The minimum absolute atomic E-state index is 0.444. The molecule has 3 N–H and O–H groups in total. The van der Waals surface area contributed by atoms with Crippen molar-refractivity contribution < 1.29 is 19.0 Å². The fourth-order valence-corrected chi connectivity index (χ4v) is 2.51. The van der Waals surface area contributed by atoms with Crippen molar-refractivity contribution in [3.63, 3.8) is 0 Å². The zero-order chi connectivity index (χ0) is 22.1. The SMILES string of the molecule is CN=C(NCCc1ccc(OC)c(OC)c1)NCC(C)(C)NC(=O)OC(C)(C)C. The molecular formula is C21H36N4O4. The van der Waals surface area contributed by atoms with Crippen LogP contribution in [0.5, 0.6) is 11.5 Å². The lowest BCUT2D eigenvalue weighted by atomic mass is 10.1. The predicted octanol–water partition coefficient (Wildman–Crippen LogP) is 2.71. The second-order valence-corrected chi connectivity index (χ2v) is 8.30. The number of carbonyl (C=O) groups excluding carboxylic acids is 1. The van der Waals surface area contributed by atoms with Crippen LogP contribution in [0.3, 0.4) is 0 Å². The number of ether oxygens (including phenoxy) is 3. The summed E-state index contributed by atoms with van der Waals surface area (Å²) in [5, 5.41) is 9.37. The molecule has 8 nitrogen and oxygen atoms in total. The summed E-state index contributed by atoms with van der Waals surface area (Å²) in [6.45, 7) is 10.5. The maximum absolute atomic E-state index is 12.0. The Morgan fingerprint density at radius 2 is 1.69 bits per heavy atom. The summed E-state index contributed by atoms with van der Waals surface area (Å²) in [4.78, 5) is 16.2. The molecule has 1 aromatic carbocycles. The van der Waals surface area contributed by atoms with E-state index in [0.29, 0.717) is 30.5 Å². The fraction of sp³-hybridized carbons (Fsp3) is 0.619. The third-order valence-corrected chi connectivity index (χ3v) is 3.91. The van der Waals surface area contributed by atoms with Crippen LogP contribution in [0.25, 0.3) is 0 Å². The molecule has 0 heterocycles. The summed E-state index contributed by atoms with van der Waals surface area (Å²) in [5.41, 5.74) is 0.0797. The highest BCUT2D eigenvalue weighted by molar-refractivity contribution is 5.79. The van der Waals surface area contributed by atoms with Crippen molar-refractivity contribution >= 4 is 12.1 Å². The van der Waals surface area contributed by atoms with Crippen molar-refractivity contribution in [2.75, 3.05) is 34.4 Å². The molecular weight excluding hydrogens is 372 g/mol. The molecule has 1 aromatic rings. The van der Waals surface area contributed by atoms with Crippen LogP contribution in [0, 0.1) is 0 Å². The lowest BCUT2D eigenvalue weighted by Gasteiger charge is -2.29. The van der Waals surface area contributed by atoms with E-state index in [0.717, 1.165) is 12.0 Å². The third kappa shape index (κ3) is 9.40. The summed E-state index contributed by atoms with van der Waals surface area (Å²) >= 11 is 0. The number of aliphatic imine (C=N–C) groups is 1. The van der Waals surface area contributed by atoms with E-state index in [1.54, 1.807) is 21.3 Å². The molecule has 0 saturated carbocycles. The molecule has 1 rings (SSSR count). The zero-order valence-corrected chi connectivity index (χ0v) is 18.9. The van der Waals surface area contributed by atoms with E-state index >= 15 is 0 Å². The number of alkyl carbamates (subject to hydrolysis) is 1. The van der Waals surface area contributed by atoms with Gasteiger partial charge in [0, 0.05) is 20.1 Å². The van der Waals surface area contributed by atoms with Gasteiger partial charge in [0.2, 0.25) is 0 Å². The van der Waals surface area contributed by atoms with Crippen LogP contribution in [0.1, 0.15) is 40.2 Å². The highest BCUT2D eigenvalue weighted by Crippen LogP contribution is 2.27. The van der Waals surface area contributed by atoms with Gasteiger partial charge in [-0.05, 0) is 58.7 Å². The van der Waals surface area contributed by atoms with Gasteiger partial charge in [-0.25, -0.2) is 4.79 Å². The van der Waals surface area contributed by atoms with E-state index in [1.807, 2.05) is 52.8 Å². The van der Waals surface area contributed by atoms with E-state index in [-0.39, 0.29) is 0 Å². The lowest BCUT2D eigenvalue weighted by Crippen LogP contribution is -2.54. The molecule has 8 heteroatoms. The summed E-state index contributed by atoms with van der Waals surface area (Å²) in [6.07, 6.45) is 0.348. The van der Waals surface area contributed by atoms with Crippen molar-refractivity contribution in [3.05, 3.63) is 23.8 Å². The maximum atomic E-state index is 12.0. The second kappa shape index (κ2) is 10.8. The number of hydrogen-bond acceptors (Lipinski definition) is 5. The van der Waals surface area contributed by atoms with Gasteiger partial charge in [-0.2, -0.15) is 0 Å². The minimum atomic E-state index is -0.532. The van der Waals surface area contributed by atoms with Crippen molar-refractivity contribution in [3.8, 4) is 11.5 Å². The largest absolute Gasteiger partial charge is 0.493 e. The Labute approximate surface area is 174 Å². The molecule has 0 spiro atoms. The predicted molar refractivity (Wildman–Crippen MR) is 116 cm³/mol. The second-order valence-electron chi connectivity index (χ2n) is 8.30. The highest BCUT2D eigenvalue weighted by atomic mass is 16.6. The first-order chi connectivity index (χ1) is 13.5. The molecule has 0 unspecified atom stereocenters. The Hall–Kier alpha value is -2.64. The van der Waals surface area contributed by atoms with Gasteiger partial charge in [0.25, 0.3) is 0 Å². The van der Waals surface area contributed by atoms with Crippen LogP contribution in [0.2, 0.25) is 0 Å². The Morgan fingerprint density at radius 3 is 2.24 bits per heavy atom. The number of nitrogens with zero attached hydrogens (tertiary/aromatic N) is 1. The Kier molecular flexibility index (Phi) is 9.07. The third-order valence-electron chi connectivity index (χ3n) is 3.91. The Bertz CT molecular complexity index is 696. The molecule has 29 heavy (non-hydrogen) atoms. The fourth-order valence-electron chi connectivity index (χ4n) is 2.51. The van der Waals surface area contributed by atoms with Gasteiger partial charge in [0.15, 0.2) is 17.5 Å². The van der Waals surface area contributed by atoms with E-state index < -0.39 is 17.2 Å². The van der Waals surface area contributed by atoms with Crippen molar-refractivity contribution in [2.24, 2.45) is 4.99 Å². The smallest absolute Gasteiger partial charge is 0.408 e. The van der Waals surface area contributed by atoms with Gasteiger partial charge in [-0.1, -0.05) is 6.07 Å². The van der Waals surface area contributed by atoms with Crippen LogP contribution < -0.4 is 25.4 Å². The standard InChI is InChI=1S/C21H36N4O4/c1-20(2,3)29-19(26)25-21(4,5)14-24-18(22-6)23-12-11-15-9-10-16(27-7)17(13-15)28-8/h9-10,13H,11-12,14H2,1-8H3,(H,25,26)(H2,22,23,24). The minimum Gasteiger partial charge on any atom is -0.493 e. The van der Waals surface area contributed by atoms with E-state index in [1.165, 1.54) is 0 Å². The van der Waals surface area contributed by atoms with Crippen molar-refractivity contribution in [1.82, 2.24) is 16.0 Å². The van der Waals surface area contributed by atoms with E-state index in [2.05, 4.69) is 20.9 Å². The number of hydrogen-bond donors (Lipinski definition) is 3. The monoisotopic (exact) mass is 408 g/mol. The van der Waals surface area contributed by atoms with E-state index in [9.17, 15) is 4.79 Å². The van der Waals surface area contributed by atoms with Crippen LogP contribution in [0.15, 0.2) is 23.2 Å². The van der Waals surface area contributed by atoms with Gasteiger partial charge in [-0.15, -0.1) is 0 Å². The van der Waals surface area contributed by atoms with Gasteiger partial charge in [0.1, 0.15) is 5.60 Å². The Morgan fingerprint density at radius 1 is 1.03 bits per heavy atom. The molecule has 0 saturated heterocycles.